The van der Waals surface area contributed by atoms with E-state index in [1.165, 1.54) is 0 Å². The molecule has 0 radical (unpaired) electrons. The highest BCUT2D eigenvalue weighted by Gasteiger charge is 2.53. The largest absolute Gasteiger partial charge is 0.380 e. The van der Waals surface area contributed by atoms with Crippen LogP contribution < -0.4 is 0 Å². The summed E-state index contributed by atoms with van der Waals surface area (Å²) in [5, 5.41) is 0. The first kappa shape index (κ1) is 12.9. The highest BCUT2D eigenvalue weighted by molar-refractivity contribution is 5.08. The predicted molar refractivity (Wildman–Crippen MR) is 60.9 cm³/mol. The van der Waals surface area contributed by atoms with Gasteiger partial charge in [-0.05, 0) is 19.3 Å². The van der Waals surface area contributed by atoms with Crippen LogP contribution in [-0.2, 0) is 4.74 Å². The minimum absolute atomic E-state index is 0.180. The maximum atomic E-state index is 13.7. The molecule has 0 amide bonds. The summed E-state index contributed by atoms with van der Waals surface area (Å²) < 4.78 is 19.1. The molecule has 2 heterocycles. The molecule has 2 saturated heterocycles. The molecule has 0 aliphatic carbocycles. The van der Waals surface area contributed by atoms with E-state index in [1.54, 1.807) is 7.11 Å². The van der Waals surface area contributed by atoms with Crippen LogP contribution in [0.25, 0.3) is 0 Å². The fourth-order valence-electron chi connectivity index (χ4n) is 2.94. The summed E-state index contributed by atoms with van der Waals surface area (Å²) in [5.41, 5.74) is -0.180. The van der Waals surface area contributed by atoms with Crippen LogP contribution in [0.4, 0.5) is 4.39 Å². The quantitative estimate of drug-likeness (QED) is 0.705. The zero-order valence-electron chi connectivity index (χ0n) is 10.4. The Morgan fingerprint density at radius 2 is 2.13 bits per heavy atom. The molecule has 2 aliphatic rings. The molecular formula is C12H24FNO. The monoisotopic (exact) mass is 217 g/mol. The molecule has 0 bridgehead atoms. The van der Waals surface area contributed by atoms with E-state index in [0.29, 0.717) is 6.42 Å². The van der Waals surface area contributed by atoms with Crippen molar-refractivity contribution < 1.29 is 9.13 Å². The maximum Gasteiger partial charge on any atom is 0.120 e. The number of alkyl halides is 1. The molecule has 2 rings (SSSR count). The first-order valence-corrected chi connectivity index (χ1v) is 6.15. The second-order valence-corrected chi connectivity index (χ2v) is 4.22. The third-order valence-electron chi connectivity index (χ3n) is 3.82. The van der Waals surface area contributed by atoms with Gasteiger partial charge in [0, 0.05) is 20.2 Å². The van der Waals surface area contributed by atoms with Gasteiger partial charge in [-0.1, -0.05) is 20.8 Å². The van der Waals surface area contributed by atoms with Gasteiger partial charge < -0.3 is 4.74 Å². The van der Waals surface area contributed by atoms with Crippen molar-refractivity contribution in [1.82, 2.24) is 4.90 Å². The normalized spacial score (nSPS) is 39.8. The van der Waals surface area contributed by atoms with Gasteiger partial charge >= 0.3 is 0 Å². The van der Waals surface area contributed by atoms with Crippen molar-refractivity contribution in [3.8, 4) is 0 Å². The SMILES string of the molecule is CC.CC[C@]12C[C@@H](OC)CN1CC[C@H]2F. The summed E-state index contributed by atoms with van der Waals surface area (Å²) in [5.74, 6) is 0. The third kappa shape index (κ3) is 2.04. The Balaban J connectivity index is 0.000000531. The zero-order valence-corrected chi connectivity index (χ0v) is 10.4. The Bertz CT molecular complexity index is 200. The van der Waals surface area contributed by atoms with Crippen LogP contribution in [0.5, 0.6) is 0 Å². The van der Waals surface area contributed by atoms with Gasteiger partial charge in [-0.15, -0.1) is 0 Å². The summed E-state index contributed by atoms with van der Waals surface area (Å²) in [4.78, 5) is 2.28. The van der Waals surface area contributed by atoms with E-state index in [0.717, 1.165) is 25.9 Å². The number of hydrogen-bond acceptors (Lipinski definition) is 2. The number of hydrogen-bond donors (Lipinski definition) is 0. The van der Waals surface area contributed by atoms with Gasteiger partial charge in [-0.2, -0.15) is 0 Å². The second kappa shape index (κ2) is 5.26. The molecule has 2 nitrogen and oxygen atoms in total. The fraction of sp³-hybridized carbons (Fsp3) is 1.00. The number of rotatable bonds is 2. The molecule has 0 unspecified atom stereocenters. The van der Waals surface area contributed by atoms with E-state index < -0.39 is 6.17 Å². The Morgan fingerprint density at radius 3 is 2.60 bits per heavy atom. The third-order valence-corrected chi connectivity index (χ3v) is 3.82. The standard InChI is InChI=1S/C10H18FNO.C2H6/c1-3-10-6-8(13-2)7-12(10)5-4-9(10)11;1-2/h8-9H,3-7H2,1-2H3;1-2H3/t8-,9-,10-;/m1./s1. The Morgan fingerprint density at radius 1 is 1.47 bits per heavy atom. The molecular weight excluding hydrogens is 193 g/mol. The lowest BCUT2D eigenvalue weighted by molar-refractivity contribution is 0.0956. The predicted octanol–water partition coefficient (Wildman–Crippen LogP) is 2.62. The molecule has 0 aromatic carbocycles. The maximum absolute atomic E-state index is 13.7. The van der Waals surface area contributed by atoms with Crippen LogP contribution in [0.2, 0.25) is 0 Å². The van der Waals surface area contributed by atoms with Crippen LogP contribution >= 0.6 is 0 Å². The zero-order chi connectivity index (χ0) is 11.5. The highest BCUT2D eigenvalue weighted by Crippen LogP contribution is 2.43. The lowest BCUT2D eigenvalue weighted by Crippen LogP contribution is -2.43. The fourth-order valence-corrected chi connectivity index (χ4v) is 2.94. The Labute approximate surface area is 92.8 Å². The average Bonchev–Trinajstić information content (AvgIpc) is 2.79. The molecule has 2 fully saturated rings. The number of nitrogens with zero attached hydrogens (tertiary/aromatic N) is 1. The summed E-state index contributed by atoms with van der Waals surface area (Å²) in [7, 11) is 1.73. The molecule has 2 aliphatic heterocycles. The van der Waals surface area contributed by atoms with Crippen molar-refractivity contribution in [2.75, 3.05) is 20.2 Å². The van der Waals surface area contributed by atoms with Gasteiger partial charge in [0.1, 0.15) is 6.17 Å². The van der Waals surface area contributed by atoms with Crippen LogP contribution in [0, 0.1) is 0 Å². The summed E-state index contributed by atoms with van der Waals surface area (Å²) >= 11 is 0. The van der Waals surface area contributed by atoms with Crippen LogP contribution in [-0.4, -0.2) is 42.9 Å². The number of halogens is 1. The summed E-state index contributed by atoms with van der Waals surface area (Å²) in [6.07, 6.45) is 2.11. The molecule has 0 N–H and O–H groups in total. The van der Waals surface area contributed by atoms with Crippen molar-refractivity contribution in [2.24, 2.45) is 0 Å². The lowest BCUT2D eigenvalue weighted by Gasteiger charge is -2.32. The van der Waals surface area contributed by atoms with Gasteiger partial charge in [-0.3, -0.25) is 4.90 Å². The van der Waals surface area contributed by atoms with Crippen molar-refractivity contribution in [2.45, 2.75) is 57.8 Å². The molecule has 3 atom stereocenters. The van der Waals surface area contributed by atoms with Crippen molar-refractivity contribution >= 4 is 0 Å². The molecule has 0 aromatic heterocycles. The molecule has 3 heteroatoms. The second-order valence-electron chi connectivity index (χ2n) is 4.22. The van der Waals surface area contributed by atoms with Gasteiger partial charge in [0.25, 0.3) is 0 Å². The van der Waals surface area contributed by atoms with Crippen molar-refractivity contribution in [3.05, 3.63) is 0 Å². The first-order valence-electron chi connectivity index (χ1n) is 6.15. The molecule has 0 aromatic rings. The first-order chi connectivity index (χ1) is 7.23. The van der Waals surface area contributed by atoms with Gasteiger partial charge in [0.15, 0.2) is 0 Å². The van der Waals surface area contributed by atoms with E-state index in [9.17, 15) is 4.39 Å². The molecule has 0 spiro atoms. The van der Waals surface area contributed by atoms with Crippen LogP contribution in [0.15, 0.2) is 0 Å². The van der Waals surface area contributed by atoms with E-state index in [-0.39, 0.29) is 11.6 Å². The summed E-state index contributed by atoms with van der Waals surface area (Å²) in [6, 6.07) is 0. The summed E-state index contributed by atoms with van der Waals surface area (Å²) in [6.45, 7) is 7.92. The number of methoxy groups -OCH3 is 1. The molecule has 90 valence electrons. The van der Waals surface area contributed by atoms with Crippen molar-refractivity contribution in [3.63, 3.8) is 0 Å². The minimum Gasteiger partial charge on any atom is -0.380 e. The lowest BCUT2D eigenvalue weighted by atomic mass is 9.89. The smallest absolute Gasteiger partial charge is 0.120 e. The van der Waals surface area contributed by atoms with Gasteiger partial charge in [0.05, 0.1) is 11.6 Å². The van der Waals surface area contributed by atoms with E-state index in [4.69, 9.17) is 4.74 Å². The number of fused-ring (bicyclic) bond motifs is 1. The number of ether oxygens (including phenoxy) is 1. The Kier molecular flexibility index (Phi) is 4.53. The van der Waals surface area contributed by atoms with Gasteiger partial charge in [-0.25, -0.2) is 4.39 Å². The Hall–Kier alpha value is -0.150. The highest BCUT2D eigenvalue weighted by atomic mass is 19.1. The van der Waals surface area contributed by atoms with Crippen LogP contribution in [0.3, 0.4) is 0 Å². The molecule has 0 saturated carbocycles. The van der Waals surface area contributed by atoms with Crippen LogP contribution in [0.1, 0.15) is 40.0 Å². The van der Waals surface area contributed by atoms with Crippen molar-refractivity contribution in [1.29, 1.82) is 0 Å². The van der Waals surface area contributed by atoms with E-state index >= 15 is 0 Å². The average molecular weight is 217 g/mol. The van der Waals surface area contributed by atoms with E-state index in [2.05, 4.69) is 11.8 Å². The minimum atomic E-state index is -0.641. The van der Waals surface area contributed by atoms with E-state index in [1.807, 2.05) is 13.8 Å². The molecule has 15 heavy (non-hydrogen) atoms. The van der Waals surface area contributed by atoms with Gasteiger partial charge in [0.2, 0.25) is 0 Å². The topological polar surface area (TPSA) is 12.5 Å².